The third kappa shape index (κ3) is 46.1. The molecule has 0 aromatic heterocycles. The van der Waals surface area contributed by atoms with Crippen LogP contribution in [0.3, 0.4) is 0 Å². The van der Waals surface area contributed by atoms with Crippen LogP contribution < -0.4 is 0 Å². The second-order valence-electron chi connectivity index (χ2n) is 18.7. The number of esters is 2. The zero-order chi connectivity index (χ0) is 45.9. The van der Waals surface area contributed by atoms with Crippen LogP contribution in [-0.2, 0) is 23.9 Å². The van der Waals surface area contributed by atoms with E-state index in [1.165, 1.54) is 148 Å². The molecule has 0 aliphatic heterocycles. The van der Waals surface area contributed by atoms with Gasteiger partial charge in [-0.15, -0.1) is 0 Å². The number of carbonyl (C=O) groups excluding carboxylic acids is 3. The monoisotopic (exact) mass is 885 g/mol. The molecule has 0 aliphatic carbocycles. The molecular formula is C57H104O6. The Bertz CT molecular complexity index is 1080. The van der Waals surface area contributed by atoms with E-state index in [9.17, 15) is 19.5 Å². The van der Waals surface area contributed by atoms with Crippen molar-refractivity contribution in [2.24, 2.45) is 5.92 Å². The van der Waals surface area contributed by atoms with E-state index in [0.29, 0.717) is 19.3 Å². The van der Waals surface area contributed by atoms with Gasteiger partial charge in [0.25, 0.3) is 0 Å². The SMILES string of the molecule is CCCCCCCCC=CCCCCCCCC(=O)OC(CO)COC(=O)CCC(CCCCC=CCCCCCCCC)C(=O)CCCCCCCC=CCCCCCCCC. The molecule has 6 heteroatoms. The highest BCUT2D eigenvalue weighted by Crippen LogP contribution is 2.22. The molecule has 0 aromatic carbocycles. The summed E-state index contributed by atoms with van der Waals surface area (Å²) in [5.41, 5.74) is 0. The van der Waals surface area contributed by atoms with E-state index in [4.69, 9.17) is 9.47 Å². The van der Waals surface area contributed by atoms with Crippen molar-refractivity contribution >= 4 is 17.7 Å². The van der Waals surface area contributed by atoms with Gasteiger partial charge in [-0.1, -0.05) is 198 Å². The second-order valence-corrected chi connectivity index (χ2v) is 18.7. The maximum atomic E-state index is 13.4. The average molecular weight is 885 g/mol. The first-order chi connectivity index (χ1) is 31.0. The van der Waals surface area contributed by atoms with Crippen molar-refractivity contribution in [1.29, 1.82) is 0 Å². The number of hydrogen-bond acceptors (Lipinski definition) is 6. The van der Waals surface area contributed by atoms with Crippen molar-refractivity contribution in [3.05, 3.63) is 36.5 Å². The van der Waals surface area contributed by atoms with E-state index in [-0.39, 0.29) is 30.7 Å². The van der Waals surface area contributed by atoms with Gasteiger partial charge in [0, 0.05) is 25.2 Å². The van der Waals surface area contributed by atoms with Crippen molar-refractivity contribution in [3.63, 3.8) is 0 Å². The Morgan fingerprint density at radius 2 is 0.746 bits per heavy atom. The number of unbranched alkanes of at least 4 members (excludes halogenated alkanes) is 30. The van der Waals surface area contributed by atoms with Gasteiger partial charge in [-0.25, -0.2) is 0 Å². The first-order valence-electron chi connectivity index (χ1n) is 27.4. The minimum absolute atomic E-state index is 0.140. The summed E-state index contributed by atoms with van der Waals surface area (Å²) in [6.45, 7) is 6.23. The zero-order valence-corrected chi connectivity index (χ0v) is 42.0. The number of aliphatic hydroxyl groups excluding tert-OH is 1. The maximum absolute atomic E-state index is 13.4. The molecule has 0 aromatic rings. The lowest BCUT2D eigenvalue weighted by Crippen LogP contribution is -2.28. The molecule has 0 rings (SSSR count). The normalized spacial score (nSPS) is 12.8. The average Bonchev–Trinajstić information content (AvgIpc) is 3.28. The van der Waals surface area contributed by atoms with E-state index in [1.54, 1.807) is 0 Å². The molecule has 0 amide bonds. The van der Waals surface area contributed by atoms with Crippen molar-refractivity contribution in [2.75, 3.05) is 13.2 Å². The fraction of sp³-hybridized carbons (Fsp3) is 0.842. The lowest BCUT2D eigenvalue weighted by Gasteiger charge is -2.17. The highest BCUT2D eigenvalue weighted by molar-refractivity contribution is 5.81. The molecule has 0 saturated carbocycles. The van der Waals surface area contributed by atoms with E-state index < -0.39 is 18.7 Å². The molecular weight excluding hydrogens is 781 g/mol. The van der Waals surface area contributed by atoms with E-state index in [1.807, 2.05) is 0 Å². The van der Waals surface area contributed by atoms with Crippen LogP contribution in [0.25, 0.3) is 0 Å². The number of carbonyl (C=O) groups is 3. The smallest absolute Gasteiger partial charge is 0.306 e. The standard InChI is InChI=1S/C57H104O6/c1-4-7-10-13-16-19-22-25-27-29-32-35-38-41-44-47-55(59)53(46-43-40-37-34-31-24-21-18-15-12-9-6-3)49-50-56(60)62-52-54(51-58)63-57(61)48-45-42-39-36-33-30-28-26-23-20-17-14-11-8-5-2/h25-28,31,34,53-54,58H,4-24,29-30,32-33,35-52H2,1-3H3. The largest absolute Gasteiger partial charge is 0.462 e. The van der Waals surface area contributed by atoms with Gasteiger partial charge in [-0.05, 0) is 103 Å². The molecule has 0 heterocycles. The van der Waals surface area contributed by atoms with Crippen LogP contribution in [0.1, 0.15) is 284 Å². The Balaban J connectivity index is 4.48. The molecule has 63 heavy (non-hydrogen) atoms. The predicted octanol–water partition coefficient (Wildman–Crippen LogP) is 17.3. The summed E-state index contributed by atoms with van der Waals surface area (Å²) in [6, 6.07) is 0. The number of ketones is 1. The van der Waals surface area contributed by atoms with Crippen LogP contribution in [0.4, 0.5) is 0 Å². The Morgan fingerprint density at radius 3 is 1.14 bits per heavy atom. The summed E-state index contributed by atoms with van der Waals surface area (Å²) in [7, 11) is 0. The third-order valence-corrected chi connectivity index (χ3v) is 12.5. The topological polar surface area (TPSA) is 89.9 Å². The van der Waals surface area contributed by atoms with Crippen LogP contribution in [0, 0.1) is 5.92 Å². The van der Waals surface area contributed by atoms with Crippen LogP contribution >= 0.6 is 0 Å². The van der Waals surface area contributed by atoms with Crippen molar-refractivity contribution in [2.45, 2.75) is 290 Å². The number of aliphatic hydroxyl groups is 1. The van der Waals surface area contributed by atoms with Crippen molar-refractivity contribution in [1.82, 2.24) is 0 Å². The molecule has 0 bridgehead atoms. The molecule has 1 N–H and O–H groups in total. The Kier molecular flexibility index (Phi) is 49.0. The van der Waals surface area contributed by atoms with Gasteiger partial charge in [0.2, 0.25) is 0 Å². The van der Waals surface area contributed by atoms with Crippen molar-refractivity contribution in [3.8, 4) is 0 Å². The van der Waals surface area contributed by atoms with E-state index in [2.05, 4.69) is 57.2 Å². The fourth-order valence-corrected chi connectivity index (χ4v) is 8.23. The highest BCUT2D eigenvalue weighted by atomic mass is 16.6. The lowest BCUT2D eigenvalue weighted by atomic mass is 9.89. The highest BCUT2D eigenvalue weighted by Gasteiger charge is 2.21. The summed E-state index contributed by atoms with van der Waals surface area (Å²) in [5.74, 6) is -0.629. The van der Waals surface area contributed by atoms with Crippen LogP contribution in [0.5, 0.6) is 0 Å². The summed E-state index contributed by atoms with van der Waals surface area (Å²) < 4.78 is 10.9. The maximum Gasteiger partial charge on any atom is 0.306 e. The van der Waals surface area contributed by atoms with E-state index >= 15 is 0 Å². The number of hydrogen-bond donors (Lipinski definition) is 1. The van der Waals surface area contributed by atoms with E-state index in [0.717, 1.165) is 89.9 Å². The predicted molar refractivity (Wildman–Crippen MR) is 270 cm³/mol. The number of Topliss-reactive ketones (excluding diaryl/α,β-unsaturated/α-hetero) is 1. The summed E-state index contributed by atoms with van der Waals surface area (Å²) in [5, 5.41) is 9.83. The van der Waals surface area contributed by atoms with Gasteiger partial charge >= 0.3 is 11.9 Å². The number of allylic oxidation sites excluding steroid dienone is 6. The van der Waals surface area contributed by atoms with Crippen LogP contribution in [-0.4, -0.2) is 42.1 Å². The Labute approximate surface area is 391 Å². The van der Waals surface area contributed by atoms with Gasteiger partial charge in [0.15, 0.2) is 6.10 Å². The van der Waals surface area contributed by atoms with Gasteiger partial charge in [0.1, 0.15) is 12.4 Å². The molecule has 6 nitrogen and oxygen atoms in total. The van der Waals surface area contributed by atoms with Gasteiger partial charge in [-0.2, -0.15) is 0 Å². The molecule has 368 valence electrons. The minimum Gasteiger partial charge on any atom is -0.462 e. The van der Waals surface area contributed by atoms with Crippen LogP contribution in [0.15, 0.2) is 36.5 Å². The number of rotatable bonds is 50. The summed E-state index contributed by atoms with van der Waals surface area (Å²) in [4.78, 5) is 38.7. The third-order valence-electron chi connectivity index (χ3n) is 12.5. The number of ether oxygens (including phenoxy) is 2. The van der Waals surface area contributed by atoms with Gasteiger partial charge in [-0.3, -0.25) is 14.4 Å². The minimum atomic E-state index is -0.864. The molecule has 0 aliphatic rings. The molecule has 0 fully saturated rings. The molecule has 2 atom stereocenters. The Hall–Kier alpha value is -2.21. The summed E-state index contributed by atoms with van der Waals surface area (Å²) in [6.07, 6.45) is 59.1. The first-order valence-corrected chi connectivity index (χ1v) is 27.4. The zero-order valence-electron chi connectivity index (χ0n) is 42.0. The van der Waals surface area contributed by atoms with Crippen molar-refractivity contribution < 1.29 is 29.0 Å². The van der Waals surface area contributed by atoms with Crippen LogP contribution in [0.2, 0.25) is 0 Å². The molecule has 0 radical (unpaired) electrons. The van der Waals surface area contributed by atoms with Gasteiger partial charge in [0.05, 0.1) is 6.61 Å². The first kappa shape index (κ1) is 60.8. The van der Waals surface area contributed by atoms with Gasteiger partial charge < -0.3 is 14.6 Å². The fourth-order valence-electron chi connectivity index (χ4n) is 8.23. The lowest BCUT2D eigenvalue weighted by molar-refractivity contribution is -0.161. The quantitative estimate of drug-likeness (QED) is 0.0372. The Morgan fingerprint density at radius 1 is 0.397 bits per heavy atom. The molecule has 2 unspecified atom stereocenters. The summed E-state index contributed by atoms with van der Waals surface area (Å²) >= 11 is 0. The molecule has 0 saturated heterocycles. The molecule has 0 spiro atoms. The second kappa shape index (κ2) is 50.8.